The molecule has 26 heavy (non-hydrogen) atoms. The van der Waals surface area contributed by atoms with Crippen LogP contribution < -0.4 is 10.0 Å². The van der Waals surface area contributed by atoms with Gasteiger partial charge in [0.1, 0.15) is 4.90 Å². The number of halogens is 2. The molecule has 1 aliphatic heterocycles. The summed E-state index contributed by atoms with van der Waals surface area (Å²) in [4.78, 5) is 17.9. The fourth-order valence-electron chi connectivity index (χ4n) is 2.77. The predicted molar refractivity (Wildman–Crippen MR) is 106 cm³/mol. The van der Waals surface area contributed by atoms with Crippen LogP contribution in [-0.2, 0) is 14.8 Å². The quantitative estimate of drug-likeness (QED) is 0.655. The number of pyridine rings is 1. The molecule has 1 amide bonds. The van der Waals surface area contributed by atoms with Gasteiger partial charge in [0, 0.05) is 38.4 Å². The average molecular weight is 427 g/mol. The molecule has 1 fully saturated rings. The van der Waals surface area contributed by atoms with Gasteiger partial charge in [-0.05, 0) is 44.0 Å². The Labute approximate surface area is 168 Å². The monoisotopic (exact) mass is 426 g/mol. The molecule has 2 N–H and O–H groups in total. The van der Waals surface area contributed by atoms with E-state index < -0.39 is 10.0 Å². The summed E-state index contributed by atoms with van der Waals surface area (Å²) in [6.45, 7) is 5.67. The van der Waals surface area contributed by atoms with Crippen molar-refractivity contribution >= 4 is 40.7 Å². The van der Waals surface area contributed by atoms with Gasteiger partial charge in [0.25, 0.3) is 0 Å². The molecule has 2 rings (SSSR count). The number of piperidine rings is 1. The van der Waals surface area contributed by atoms with E-state index in [1.54, 1.807) is 6.07 Å². The number of likely N-dealkylation sites (tertiary alicyclic amines) is 1. The van der Waals surface area contributed by atoms with Crippen molar-refractivity contribution in [1.29, 1.82) is 0 Å². The zero-order valence-corrected chi connectivity index (χ0v) is 17.3. The first-order valence-corrected chi connectivity index (χ1v) is 9.89. The van der Waals surface area contributed by atoms with Gasteiger partial charge in [-0.1, -0.05) is 6.92 Å². The Hall–Kier alpha value is -0.930. The maximum Gasteiger partial charge on any atom is 0.242 e. The lowest BCUT2D eigenvalue weighted by molar-refractivity contribution is -0.132. The first-order chi connectivity index (χ1) is 11.5. The van der Waals surface area contributed by atoms with E-state index in [9.17, 15) is 13.2 Å². The van der Waals surface area contributed by atoms with Crippen molar-refractivity contribution in [3.8, 4) is 0 Å². The third-order valence-electron chi connectivity index (χ3n) is 4.23. The number of hydrogen-bond donors (Lipinski definition) is 2. The highest BCUT2D eigenvalue weighted by molar-refractivity contribution is 7.89. The minimum absolute atomic E-state index is 0. The van der Waals surface area contributed by atoms with Crippen LogP contribution in [0, 0.1) is 5.92 Å². The number of aromatic nitrogens is 1. The van der Waals surface area contributed by atoms with Crippen molar-refractivity contribution in [2.75, 3.05) is 32.7 Å². The number of amides is 1. The van der Waals surface area contributed by atoms with Crippen molar-refractivity contribution in [1.82, 2.24) is 19.9 Å². The van der Waals surface area contributed by atoms with E-state index in [0.29, 0.717) is 5.92 Å². The number of nitrogens with one attached hydrogen (secondary N) is 2. The van der Waals surface area contributed by atoms with Gasteiger partial charge in [0.2, 0.25) is 15.9 Å². The molecule has 0 spiro atoms. The molecule has 0 saturated carbocycles. The Kier molecular flexibility index (Phi) is 12.0. The Morgan fingerprint density at radius 2 is 2.00 bits per heavy atom. The largest absolute Gasteiger partial charge is 0.343 e. The highest BCUT2D eigenvalue weighted by Gasteiger charge is 2.22. The highest BCUT2D eigenvalue weighted by atomic mass is 35.5. The smallest absolute Gasteiger partial charge is 0.242 e. The number of carbonyl (C=O) groups is 1. The zero-order chi connectivity index (χ0) is 17.4. The standard InChI is InChI=1S/C16H26N4O3S.2ClH/c1-2-17-12-14-6-10-20(11-7-14)16(21)5-9-19-24(22,23)15-4-3-8-18-13-15;;/h3-4,8,13-14,17,19H,2,5-7,9-12H2,1H3;2*1H. The molecule has 2 heterocycles. The van der Waals surface area contributed by atoms with Gasteiger partial charge in [-0.25, -0.2) is 13.1 Å². The molecule has 1 aromatic rings. The summed E-state index contributed by atoms with van der Waals surface area (Å²) in [7, 11) is -3.60. The Morgan fingerprint density at radius 3 is 2.58 bits per heavy atom. The van der Waals surface area contributed by atoms with Crippen LogP contribution in [0.4, 0.5) is 0 Å². The van der Waals surface area contributed by atoms with Gasteiger partial charge < -0.3 is 10.2 Å². The van der Waals surface area contributed by atoms with Gasteiger partial charge in [0.05, 0.1) is 0 Å². The summed E-state index contributed by atoms with van der Waals surface area (Å²) in [5.41, 5.74) is 0. The number of hydrogen-bond acceptors (Lipinski definition) is 5. The number of nitrogens with zero attached hydrogens (tertiary/aromatic N) is 2. The summed E-state index contributed by atoms with van der Waals surface area (Å²) in [6, 6.07) is 3.05. The third kappa shape index (κ3) is 7.75. The summed E-state index contributed by atoms with van der Waals surface area (Å²) in [5, 5.41) is 3.34. The molecule has 0 aliphatic carbocycles. The maximum atomic E-state index is 12.2. The number of carbonyl (C=O) groups excluding carboxylic acids is 1. The van der Waals surface area contributed by atoms with Gasteiger partial charge in [-0.2, -0.15) is 0 Å². The van der Waals surface area contributed by atoms with Gasteiger partial charge in [0.15, 0.2) is 0 Å². The predicted octanol–water partition coefficient (Wildman–Crippen LogP) is 1.44. The molecule has 0 atom stereocenters. The van der Waals surface area contributed by atoms with Crippen LogP contribution in [0.1, 0.15) is 26.2 Å². The second-order valence-corrected chi connectivity index (χ2v) is 7.74. The van der Waals surface area contributed by atoms with Crippen molar-refractivity contribution in [3.05, 3.63) is 24.5 Å². The second kappa shape index (κ2) is 12.5. The van der Waals surface area contributed by atoms with Gasteiger partial charge in [-0.3, -0.25) is 9.78 Å². The molecule has 0 aromatic carbocycles. The Bertz CT molecular complexity index is 624. The molecule has 10 heteroatoms. The van der Waals surface area contributed by atoms with E-state index in [-0.39, 0.29) is 48.6 Å². The molecule has 0 radical (unpaired) electrons. The van der Waals surface area contributed by atoms with Crippen LogP contribution in [0.3, 0.4) is 0 Å². The van der Waals surface area contributed by atoms with Crippen molar-refractivity contribution in [3.63, 3.8) is 0 Å². The molecule has 0 unspecified atom stereocenters. The topological polar surface area (TPSA) is 91.4 Å². The van der Waals surface area contributed by atoms with Crippen LogP contribution in [0.5, 0.6) is 0 Å². The average Bonchev–Trinajstić information content (AvgIpc) is 2.61. The van der Waals surface area contributed by atoms with Crippen molar-refractivity contribution in [2.24, 2.45) is 5.92 Å². The van der Waals surface area contributed by atoms with Crippen LogP contribution >= 0.6 is 24.8 Å². The lowest BCUT2D eigenvalue weighted by atomic mass is 9.96. The van der Waals surface area contributed by atoms with E-state index in [0.717, 1.165) is 39.0 Å². The van der Waals surface area contributed by atoms with Crippen LogP contribution in [0.15, 0.2) is 29.4 Å². The van der Waals surface area contributed by atoms with Gasteiger partial charge >= 0.3 is 0 Å². The third-order valence-corrected chi connectivity index (χ3v) is 5.67. The zero-order valence-electron chi connectivity index (χ0n) is 14.9. The first kappa shape index (κ1) is 25.1. The SMILES string of the molecule is CCNCC1CCN(C(=O)CCNS(=O)(=O)c2cccnc2)CC1.Cl.Cl. The maximum absolute atomic E-state index is 12.2. The lowest BCUT2D eigenvalue weighted by Gasteiger charge is -2.32. The van der Waals surface area contributed by atoms with Crippen molar-refractivity contribution in [2.45, 2.75) is 31.1 Å². The Morgan fingerprint density at radius 1 is 1.31 bits per heavy atom. The van der Waals surface area contributed by atoms with E-state index in [2.05, 4.69) is 21.9 Å². The fraction of sp³-hybridized carbons (Fsp3) is 0.625. The number of sulfonamides is 1. The minimum atomic E-state index is -3.60. The lowest BCUT2D eigenvalue weighted by Crippen LogP contribution is -2.41. The summed E-state index contributed by atoms with van der Waals surface area (Å²) < 4.78 is 26.6. The van der Waals surface area contributed by atoms with Crippen LogP contribution in [0.25, 0.3) is 0 Å². The summed E-state index contributed by atoms with van der Waals surface area (Å²) in [5.74, 6) is 0.629. The fourth-order valence-corrected chi connectivity index (χ4v) is 3.77. The summed E-state index contributed by atoms with van der Waals surface area (Å²) >= 11 is 0. The minimum Gasteiger partial charge on any atom is -0.343 e. The first-order valence-electron chi connectivity index (χ1n) is 8.41. The van der Waals surface area contributed by atoms with Crippen LogP contribution in [0.2, 0.25) is 0 Å². The van der Waals surface area contributed by atoms with E-state index in [4.69, 9.17) is 0 Å². The van der Waals surface area contributed by atoms with Crippen molar-refractivity contribution < 1.29 is 13.2 Å². The van der Waals surface area contributed by atoms with Crippen LogP contribution in [-0.4, -0.2) is 56.9 Å². The molecule has 1 aromatic heterocycles. The summed E-state index contributed by atoms with van der Waals surface area (Å²) in [6.07, 6.45) is 4.99. The second-order valence-electron chi connectivity index (χ2n) is 5.97. The van der Waals surface area contributed by atoms with E-state index in [1.807, 2.05) is 4.90 Å². The molecular formula is C16H28Cl2N4O3S. The van der Waals surface area contributed by atoms with E-state index in [1.165, 1.54) is 18.5 Å². The highest BCUT2D eigenvalue weighted by Crippen LogP contribution is 2.17. The van der Waals surface area contributed by atoms with Gasteiger partial charge in [-0.15, -0.1) is 24.8 Å². The molecule has 7 nitrogen and oxygen atoms in total. The Balaban J connectivity index is 0.00000312. The van der Waals surface area contributed by atoms with E-state index >= 15 is 0 Å². The number of rotatable bonds is 8. The molecule has 0 bridgehead atoms. The molecule has 150 valence electrons. The molecular weight excluding hydrogens is 399 g/mol. The normalized spacial score (nSPS) is 15.0. The molecule has 1 saturated heterocycles. The molecule has 1 aliphatic rings.